The van der Waals surface area contributed by atoms with E-state index < -0.39 is 0 Å². The van der Waals surface area contributed by atoms with E-state index >= 15 is 0 Å². The van der Waals surface area contributed by atoms with E-state index in [4.69, 9.17) is 4.74 Å². The van der Waals surface area contributed by atoms with E-state index in [0.29, 0.717) is 5.92 Å². The minimum absolute atomic E-state index is 0. The number of halogens is 1. The zero-order chi connectivity index (χ0) is 13.0. The van der Waals surface area contributed by atoms with Crippen LogP contribution in [0.15, 0.2) is 18.2 Å². The third-order valence-corrected chi connectivity index (χ3v) is 3.30. The lowest BCUT2D eigenvalue weighted by Gasteiger charge is -2.27. The summed E-state index contributed by atoms with van der Waals surface area (Å²) < 4.78 is 5.46. The molecule has 0 unspecified atom stereocenters. The smallest absolute Gasteiger partial charge is 0.257 e. The minimum atomic E-state index is -0.0554. The summed E-state index contributed by atoms with van der Waals surface area (Å²) in [6.45, 7) is 6.91. The van der Waals surface area contributed by atoms with Crippen LogP contribution in [0.2, 0.25) is 0 Å². The van der Waals surface area contributed by atoms with Gasteiger partial charge in [-0.1, -0.05) is 6.07 Å². The lowest BCUT2D eigenvalue weighted by molar-refractivity contribution is -0.123. The second-order valence-electron chi connectivity index (χ2n) is 4.86. The summed E-state index contributed by atoms with van der Waals surface area (Å²) in [7, 11) is 0. The molecule has 1 amide bonds. The van der Waals surface area contributed by atoms with E-state index in [9.17, 15) is 4.79 Å². The molecule has 0 radical (unpaired) electrons. The highest BCUT2D eigenvalue weighted by molar-refractivity contribution is 5.85. The van der Waals surface area contributed by atoms with E-state index in [1.807, 2.05) is 25.1 Å². The van der Waals surface area contributed by atoms with Crippen molar-refractivity contribution in [1.29, 1.82) is 0 Å². The van der Waals surface area contributed by atoms with Crippen LogP contribution in [0.3, 0.4) is 0 Å². The van der Waals surface area contributed by atoms with Gasteiger partial charge in [0.05, 0.1) is 0 Å². The molecule has 0 saturated carbocycles. The molecular weight excluding hydrogens is 264 g/mol. The van der Waals surface area contributed by atoms with Crippen molar-refractivity contribution in [3.05, 3.63) is 29.3 Å². The first-order valence-electron chi connectivity index (χ1n) is 6.32. The maximum Gasteiger partial charge on any atom is 0.257 e. The number of rotatable bonds is 5. The molecule has 1 aliphatic heterocycles. The summed E-state index contributed by atoms with van der Waals surface area (Å²) in [5.74, 6) is 1.27. The van der Waals surface area contributed by atoms with Crippen molar-refractivity contribution in [2.45, 2.75) is 13.8 Å². The second-order valence-corrected chi connectivity index (χ2v) is 4.86. The molecule has 0 atom stereocenters. The fourth-order valence-corrected chi connectivity index (χ4v) is 1.75. The SMILES string of the molecule is Cc1ccc(OCC(=O)NCC2CNC2)cc1C.Cl. The largest absolute Gasteiger partial charge is 0.484 e. The van der Waals surface area contributed by atoms with E-state index in [1.54, 1.807) is 0 Å². The Bertz CT molecular complexity index is 433. The van der Waals surface area contributed by atoms with Crippen molar-refractivity contribution in [3.63, 3.8) is 0 Å². The van der Waals surface area contributed by atoms with Crippen molar-refractivity contribution < 1.29 is 9.53 Å². The quantitative estimate of drug-likeness (QED) is 0.860. The summed E-state index contributed by atoms with van der Waals surface area (Å²) >= 11 is 0. The molecule has 1 fully saturated rings. The van der Waals surface area contributed by atoms with Crippen LogP contribution in [-0.2, 0) is 4.79 Å². The molecule has 0 spiro atoms. The topological polar surface area (TPSA) is 50.4 Å². The number of aryl methyl sites for hydroxylation is 2. The van der Waals surface area contributed by atoms with Gasteiger partial charge in [0.2, 0.25) is 0 Å². The van der Waals surface area contributed by atoms with Crippen LogP contribution in [0.5, 0.6) is 5.75 Å². The molecule has 1 aliphatic rings. The van der Waals surface area contributed by atoms with Crippen molar-refractivity contribution in [2.24, 2.45) is 5.92 Å². The van der Waals surface area contributed by atoms with Crippen LogP contribution in [0.25, 0.3) is 0 Å². The lowest BCUT2D eigenvalue weighted by atomic mass is 10.0. The maximum atomic E-state index is 11.6. The average molecular weight is 285 g/mol. The Morgan fingerprint density at radius 3 is 2.68 bits per heavy atom. The molecule has 19 heavy (non-hydrogen) atoms. The highest BCUT2D eigenvalue weighted by atomic mass is 35.5. The zero-order valence-electron chi connectivity index (χ0n) is 11.4. The molecule has 1 aromatic carbocycles. The van der Waals surface area contributed by atoms with Crippen LogP contribution < -0.4 is 15.4 Å². The highest BCUT2D eigenvalue weighted by Crippen LogP contribution is 2.16. The minimum Gasteiger partial charge on any atom is -0.484 e. The lowest BCUT2D eigenvalue weighted by Crippen LogP contribution is -2.48. The van der Waals surface area contributed by atoms with E-state index in [1.165, 1.54) is 11.1 Å². The number of hydrogen-bond donors (Lipinski definition) is 2. The molecule has 106 valence electrons. The van der Waals surface area contributed by atoms with Gasteiger partial charge in [0.1, 0.15) is 5.75 Å². The molecule has 1 aromatic rings. The fourth-order valence-electron chi connectivity index (χ4n) is 1.75. The summed E-state index contributed by atoms with van der Waals surface area (Å²) in [5, 5.41) is 6.05. The maximum absolute atomic E-state index is 11.6. The van der Waals surface area contributed by atoms with Crippen LogP contribution in [0.4, 0.5) is 0 Å². The molecule has 2 N–H and O–H groups in total. The number of amides is 1. The predicted molar refractivity (Wildman–Crippen MR) is 78.0 cm³/mol. The van der Waals surface area contributed by atoms with E-state index in [0.717, 1.165) is 25.4 Å². The van der Waals surface area contributed by atoms with Gasteiger partial charge >= 0.3 is 0 Å². The summed E-state index contributed by atoms with van der Waals surface area (Å²) in [5.41, 5.74) is 2.40. The summed E-state index contributed by atoms with van der Waals surface area (Å²) in [4.78, 5) is 11.6. The molecule has 5 heteroatoms. The van der Waals surface area contributed by atoms with Gasteiger partial charge in [-0.25, -0.2) is 0 Å². The number of ether oxygens (including phenoxy) is 1. The molecule has 0 aliphatic carbocycles. The highest BCUT2D eigenvalue weighted by Gasteiger charge is 2.17. The normalized spacial score (nSPS) is 14.2. The van der Waals surface area contributed by atoms with Gasteiger partial charge in [-0.05, 0) is 37.1 Å². The first kappa shape index (κ1) is 15.8. The van der Waals surface area contributed by atoms with Crippen molar-refractivity contribution in [1.82, 2.24) is 10.6 Å². The third-order valence-electron chi connectivity index (χ3n) is 3.30. The van der Waals surface area contributed by atoms with Gasteiger partial charge in [0, 0.05) is 25.6 Å². The van der Waals surface area contributed by atoms with Gasteiger partial charge < -0.3 is 15.4 Å². The molecule has 1 saturated heterocycles. The van der Waals surface area contributed by atoms with Crippen LogP contribution >= 0.6 is 12.4 Å². The fraction of sp³-hybridized carbons (Fsp3) is 0.500. The van der Waals surface area contributed by atoms with Crippen LogP contribution in [-0.4, -0.2) is 32.1 Å². The Labute approximate surface area is 120 Å². The standard InChI is InChI=1S/C14H20N2O2.ClH/c1-10-3-4-13(5-11(10)2)18-9-14(17)16-8-12-6-15-7-12;/h3-5,12,15H,6-9H2,1-2H3,(H,16,17);1H. The van der Waals surface area contributed by atoms with Gasteiger partial charge in [-0.2, -0.15) is 0 Å². The first-order valence-corrected chi connectivity index (χ1v) is 6.32. The summed E-state index contributed by atoms with van der Waals surface area (Å²) in [6.07, 6.45) is 0. The number of benzene rings is 1. The van der Waals surface area contributed by atoms with Crippen LogP contribution in [0, 0.1) is 19.8 Å². The average Bonchev–Trinajstić information content (AvgIpc) is 2.29. The van der Waals surface area contributed by atoms with Gasteiger partial charge in [0.15, 0.2) is 6.61 Å². The number of carbonyl (C=O) groups is 1. The zero-order valence-corrected chi connectivity index (χ0v) is 12.2. The second kappa shape index (κ2) is 7.36. The Hall–Kier alpha value is -1.26. The molecule has 0 aromatic heterocycles. The van der Waals surface area contributed by atoms with Gasteiger partial charge in [-0.3, -0.25) is 4.79 Å². The van der Waals surface area contributed by atoms with Crippen molar-refractivity contribution in [3.8, 4) is 5.75 Å². The number of carbonyl (C=O) groups excluding carboxylic acids is 1. The van der Waals surface area contributed by atoms with Gasteiger partial charge in [-0.15, -0.1) is 12.4 Å². The molecule has 1 heterocycles. The third kappa shape index (κ3) is 4.73. The Morgan fingerprint density at radius 2 is 2.11 bits per heavy atom. The Kier molecular flexibility index (Phi) is 6.12. The molecule has 2 rings (SSSR count). The van der Waals surface area contributed by atoms with Crippen molar-refractivity contribution >= 4 is 18.3 Å². The molecule has 0 bridgehead atoms. The first-order chi connectivity index (χ1) is 8.65. The number of nitrogens with one attached hydrogen (secondary N) is 2. The van der Waals surface area contributed by atoms with Crippen molar-refractivity contribution in [2.75, 3.05) is 26.2 Å². The molecule has 4 nitrogen and oxygen atoms in total. The monoisotopic (exact) mass is 284 g/mol. The van der Waals surface area contributed by atoms with E-state index in [-0.39, 0.29) is 24.9 Å². The van der Waals surface area contributed by atoms with E-state index in [2.05, 4.69) is 17.6 Å². The Morgan fingerprint density at radius 1 is 1.37 bits per heavy atom. The summed E-state index contributed by atoms with van der Waals surface area (Å²) in [6, 6.07) is 5.85. The predicted octanol–water partition coefficient (Wildman–Crippen LogP) is 1.44. The molecular formula is C14H21ClN2O2. The Balaban J connectivity index is 0.00000180. The van der Waals surface area contributed by atoms with Gasteiger partial charge in [0.25, 0.3) is 5.91 Å². The van der Waals surface area contributed by atoms with Crippen LogP contribution in [0.1, 0.15) is 11.1 Å². The number of hydrogen-bond acceptors (Lipinski definition) is 3.